The molecule has 1 unspecified atom stereocenters. The van der Waals surface area contributed by atoms with Crippen LogP contribution in [0.4, 0.5) is 5.69 Å². The summed E-state index contributed by atoms with van der Waals surface area (Å²) in [7, 11) is 0. The van der Waals surface area contributed by atoms with Crippen LogP contribution in [0.25, 0.3) is 0 Å². The summed E-state index contributed by atoms with van der Waals surface area (Å²) >= 11 is 0. The van der Waals surface area contributed by atoms with Gasteiger partial charge in [0, 0.05) is 12.1 Å². The standard InChI is InChI=1S/C28H27NO4/c1-3-33-23-16-12-21(13-17-23)26-25(24(30)18-11-20-7-5-4-6-8-20)27(31)28(32)29(26)22-14-9-19(2)10-15-22/h4-10,12-17,26,31H,3,11,18H2,1-2H3. The van der Waals surface area contributed by atoms with E-state index in [1.807, 2.05) is 92.7 Å². The topological polar surface area (TPSA) is 66.8 Å². The van der Waals surface area contributed by atoms with Gasteiger partial charge in [0.1, 0.15) is 5.75 Å². The van der Waals surface area contributed by atoms with Crippen LogP contribution in [0, 0.1) is 6.92 Å². The van der Waals surface area contributed by atoms with E-state index in [1.165, 1.54) is 4.90 Å². The Morgan fingerprint density at radius 3 is 2.27 bits per heavy atom. The number of aliphatic hydroxyl groups excluding tert-OH is 1. The summed E-state index contributed by atoms with van der Waals surface area (Å²) in [5.74, 6) is -0.580. The Hall–Kier alpha value is -3.86. The third-order valence-electron chi connectivity index (χ3n) is 5.81. The monoisotopic (exact) mass is 441 g/mol. The van der Waals surface area contributed by atoms with Gasteiger partial charge < -0.3 is 9.84 Å². The number of aliphatic hydroxyl groups is 1. The first kappa shape index (κ1) is 22.3. The van der Waals surface area contributed by atoms with E-state index in [-0.39, 0.29) is 17.8 Å². The van der Waals surface area contributed by atoms with Gasteiger partial charge in [0.25, 0.3) is 5.91 Å². The number of benzene rings is 3. The van der Waals surface area contributed by atoms with E-state index in [4.69, 9.17) is 4.74 Å². The van der Waals surface area contributed by atoms with Gasteiger partial charge >= 0.3 is 0 Å². The normalized spacial score (nSPS) is 15.8. The number of amides is 1. The number of Topliss-reactive ketones (excluding diaryl/α,β-unsaturated/α-hetero) is 1. The third-order valence-corrected chi connectivity index (χ3v) is 5.81. The van der Waals surface area contributed by atoms with Gasteiger partial charge in [-0.3, -0.25) is 14.5 Å². The summed E-state index contributed by atoms with van der Waals surface area (Å²) in [4.78, 5) is 28.0. The first-order chi connectivity index (χ1) is 16.0. The summed E-state index contributed by atoms with van der Waals surface area (Å²) in [5, 5.41) is 10.8. The molecule has 168 valence electrons. The molecule has 0 spiro atoms. The number of nitrogens with zero attached hydrogens (tertiary/aromatic N) is 1. The molecule has 1 amide bonds. The zero-order chi connectivity index (χ0) is 23.4. The molecular formula is C28H27NO4. The van der Waals surface area contributed by atoms with Crippen molar-refractivity contribution in [3.63, 3.8) is 0 Å². The smallest absolute Gasteiger partial charge is 0.294 e. The third kappa shape index (κ3) is 4.67. The van der Waals surface area contributed by atoms with Gasteiger partial charge in [-0.15, -0.1) is 0 Å². The van der Waals surface area contributed by atoms with Crippen molar-refractivity contribution in [2.24, 2.45) is 0 Å². The molecule has 0 saturated carbocycles. The van der Waals surface area contributed by atoms with Crippen LogP contribution >= 0.6 is 0 Å². The highest BCUT2D eigenvalue weighted by molar-refractivity contribution is 6.16. The van der Waals surface area contributed by atoms with Crippen LogP contribution in [0.1, 0.15) is 36.1 Å². The van der Waals surface area contributed by atoms with Crippen LogP contribution in [-0.4, -0.2) is 23.4 Å². The van der Waals surface area contributed by atoms with Crippen molar-refractivity contribution in [3.8, 4) is 5.75 Å². The Labute approximate surface area is 193 Å². The van der Waals surface area contributed by atoms with Gasteiger partial charge in [-0.1, -0.05) is 60.2 Å². The highest BCUT2D eigenvalue weighted by atomic mass is 16.5. The number of hydrogen-bond acceptors (Lipinski definition) is 4. The number of rotatable bonds is 8. The molecule has 1 heterocycles. The Bertz CT molecular complexity index is 1160. The number of ether oxygens (including phenoxy) is 1. The highest BCUT2D eigenvalue weighted by Crippen LogP contribution is 2.41. The number of anilines is 1. The lowest BCUT2D eigenvalue weighted by atomic mass is 9.93. The van der Waals surface area contributed by atoms with E-state index < -0.39 is 17.7 Å². The van der Waals surface area contributed by atoms with E-state index >= 15 is 0 Å². The molecule has 1 atom stereocenters. The van der Waals surface area contributed by atoms with Crippen LogP contribution in [0.15, 0.2) is 90.2 Å². The minimum atomic E-state index is -0.709. The molecule has 1 aliphatic heterocycles. The van der Waals surface area contributed by atoms with Gasteiger partial charge in [-0.25, -0.2) is 0 Å². The molecule has 0 aromatic heterocycles. The second kappa shape index (κ2) is 9.74. The summed E-state index contributed by atoms with van der Waals surface area (Å²) in [6, 6.07) is 23.8. The van der Waals surface area contributed by atoms with E-state index in [9.17, 15) is 14.7 Å². The highest BCUT2D eigenvalue weighted by Gasteiger charge is 2.44. The maximum atomic E-state index is 13.3. The molecule has 5 heteroatoms. The fraction of sp³-hybridized carbons (Fsp3) is 0.214. The average Bonchev–Trinajstić information content (AvgIpc) is 3.10. The Morgan fingerprint density at radius 1 is 0.970 bits per heavy atom. The molecule has 5 nitrogen and oxygen atoms in total. The largest absolute Gasteiger partial charge is 0.503 e. The maximum Gasteiger partial charge on any atom is 0.294 e. The molecular weight excluding hydrogens is 414 g/mol. The molecule has 1 aliphatic rings. The molecule has 4 rings (SSSR count). The second-order valence-corrected chi connectivity index (χ2v) is 8.09. The molecule has 0 fully saturated rings. The van der Waals surface area contributed by atoms with Crippen LogP contribution < -0.4 is 9.64 Å². The molecule has 0 aliphatic carbocycles. The zero-order valence-electron chi connectivity index (χ0n) is 18.8. The summed E-state index contributed by atoms with van der Waals surface area (Å²) in [6.07, 6.45) is 0.733. The van der Waals surface area contributed by atoms with E-state index in [2.05, 4.69) is 0 Å². The van der Waals surface area contributed by atoms with Crippen LogP contribution in [-0.2, 0) is 16.0 Å². The molecule has 0 radical (unpaired) electrons. The van der Waals surface area contributed by atoms with Crippen LogP contribution in [0.2, 0.25) is 0 Å². The molecule has 0 bridgehead atoms. The van der Waals surface area contributed by atoms with Crippen molar-refractivity contribution < 1.29 is 19.4 Å². The fourth-order valence-electron chi connectivity index (χ4n) is 4.13. The first-order valence-corrected chi connectivity index (χ1v) is 11.1. The lowest BCUT2D eigenvalue weighted by Gasteiger charge is -2.27. The van der Waals surface area contributed by atoms with Gasteiger partial charge in [-0.05, 0) is 55.7 Å². The summed E-state index contributed by atoms with van der Waals surface area (Å²) in [5.41, 5.74) is 3.59. The van der Waals surface area contributed by atoms with Crippen molar-refractivity contribution in [3.05, 3.63) is 107 Å². The Morgan fingerprint density at radius 2 is 1.64 bits per heavy atom. The van der Waals surface area contributed by atoms with Crippen molar-refractivity contribution in [1.82, 2.24) is 0 Å². The lowest BCUT2D eigenvalue weighted by Crippen LogP contribution is -2.31. The number of aryl methyl sites for hydroxylation is 2. The van der Waals surface area contributed by atoms with E-state index in [1.54, 1.807) is 0 Å². The first-order valence-electron chi connectivity index (χ1n) is 11.1. The molecule has 1 N–H and O–H groups in total. The number of carbonyl (C=O) groups excluding carboxylic acids is 2. The minimum absolute atomic E-state index is 0.140. The SMILES string of the molecule is CCOc1ccc(C2C(C(=O)CCc3ccccc3)=C(O)C(=O)N2c2ccc(C)cc2)cc1. The number of hydrogen-bond donors (Lipinski definition) is 1. The van der Waals surface area contributed by atoms with Crippen LogP contribution in [0.3, 0.4) is 0 Å². The summed E-state index contributed by atoms with van der Waals surface area (Å²) in [6.45, 7) is 4.42. The molecule has 3 aromatic rings. The quantitative estimate of drug-likeness (QED) is 0.502. The van der Waals surface area contributed by atoms with E-state index in [0.29, 0.717) is 24.5 Å². The molecule has 3 aromatic carbocycles. The molecule has 33 heavy (non-hydrogen) atoms. The fourth-order valence-corrected chi connectivity index (χ4v) is 4.13. The van der Waals surface area contributed by atoms with Gasteiger partial charge in [-0.2, -0.15) is 0 Å². The van der Waals surface area contributed by atoms with Gasteiger partial charge in [0.15, 0.2) is 11.5 Å². The van der Waals surface area contributed by atoms with E-state index in [0.717, 1.165) is 16.7 Å². The number of ketones is 1. The second-order valence-electron chi connectivity index (χ2n) is 8.09. The van der Waals surface area contributed by atoms with Gasteiger partial charge in [0.05, 0.1) is 18.2 Å². The number of carbonyl (C=O) groups is 2. The molecule has 0 saturated heterocycles. The predicted octanol–water partition coefficient (Wildman–Crippen LogP) is 5.50. The summed E-state index contributed by atoms with van der Waals surface area (Å²) < 4.78 is 5.54. The van der Waals surface area contributed by atoms with Crippen molar-refractivity contribution >= 4 is 17.4 Å². The average molecular weight is 442 g/mol. The predicted molar refractivity (Wildman–Crippen MR) is 128 cm³/mol. The Balaban J connectivity index is 1.71. The Kier molecular flexibility index (Phi) is 6.59. The van der Waals surface area contributed by atoms with Crippen molar-refractivity contribution in [1.29, 1.82) is 0 Å². The minimum Gasteiger partial charge on any atom is -0.503 e. The van der Waals surface area contributed by atoms with Crippen molar-refractivity contribution in [2.45, 2.75) is 32.7 Å². The maximum absolute atomic E-state index is 13.3. The van der Waals surface area contributed by atoms with Gasteiger partial charge in [0.2, 0.25) is 0 Å². The van der Waals surface area contributed by atoms with Crippen molar-refractivity contribution in [2.75, 3.05) is 11.5 Å². The zero-order valence-corrected chi connectivity index (χ0v) is 18.8. The lowest BCUT2D eigenvalue weighted by molar-refractivity contribution is -0.118. The van der Waals surface area contributed by atoms with Crippen LogP contribution in [0.5, 0.6) is 5.75 Å².